The fraction of sp³-hybridized carbons (Fsp3) is 0.519. The summed E-state index contributed by atoms with van der Waals surface area (Å²) in [5.74, 6) is -0.537. The first-order valence-electron chi connectivity index (χ1n) is 12.6. The van der Waals surface area contributed by atoms with Crippen molar-refractivity contribution >= 4 is 11.8 Å². The molecule has 0 bridgehead atoms. The van der Waals surface area contributed by atoms with Gasteiger partial charge in [-0.1, -0.05) is 37.5 Å². The normalized spacial score (nSPS) is 25.5. The number of carbonyl (C=O) groups is 2. The molecule has 3 heterocycles. The summed E-state index contributed by atoms with van der Waals surface area (Å²) < 4.78 is 15.1. The van der Waals surface area contributed by atoms with Gasteiger partial charge in [0.2, 0.25) is 5.91 Å². The van der Waals surface area contributed by atoms with E-state index in [-0.39, 0.29) is 23.3 Å². The molecule has 2 N–H and O–H groups in total. The molecule has 3 aliphatic rings. The van der Waals surface area contributed by atoms with Crippen molar-refractivity contribution in [1.29, 1.82) is 0 Å². The standard InChI is InChI=1S/C27H33FN4O3/c1-29-25(34)24-10-8-19(15-30-24)22-9-7-18(13-23(22)28)16-31-17-21(33)14-27(31)11-12-32(26(27)35)20-5-3-2-4-6-20/h7-10,13,15,20-21,33H,2-6,11-12,14,16-17H2,1H3,(H,29,34)/t21-,27+/m1/s1. The SMILES string of the molecule is CNC(=O)c1ccc(-c2ccc(CN3C[C@H](O)C[C@]34CCN(C3CCCCC3)C4=O)cc2F)cn1. The molecule has 1 spiro atoms. The van der Waals surface area contributed by atoms with Crippen LogP contribution in [0.2, 0.25) is 0 Å². The first kappa shape index (κ1) is 23.9. The quantitative estimate of drug-likeness (QED) is 0.687. The molecule has 1 aliphatic carbocycles. The van der Waals surface area contributed by atoms with Gasteiger partial charge < -0.3 is 15.3 Å². The molecule has 7 nitrogen and oxygen atoms in total. The van der Waals surface area contributed by atoms with Gasteiger partial charge in [0, 0.05) is 56.5 Å². The van der Waals surface area contributed by atoms with Crippen LogP contribution in [0.4, 0.5) is 4.39 Å². The Morgan fingerprint density at radius 3 is 2.71 bits per heavy atom. The van der Waals surface area contributed by atoms with Crippen LogP contribution in [-0.2, 0) is 11.3 Å². The number of β-amino-alcohol motifs (C(OH)–C–C–N with tert-alkyl or cyclic N) is 1. The summed E-state index contributed by atoms with van der Waals surface area (Å²) in [5, 5.41) is 13.0. The Labute approximate surface area is 205 Å². The van der Waals surface area contributed by atoms with E-state index in [1.165, 1.54) is 38.6 Å². The molecule has 0 radical (unpaired) electrons. The molecular formula is C27H33FN4O3. The highest BCUT2D eigenvalue weighted by Crippen LogP contribution is 2.42. The second-order valence-corrected chi connectivity index (χ2v) is 10.1. The third-order valence-electron chi connectivity index (χ3n) is 7.99. The number of likely N-dealkylation sites (tertiary alicyclic amines) is 2. The average molecular weight is 481 g/mol. The molecule has 2 saturated heterocycles. The average Bonchev–Trinajstić information content (AvgIpc) is 3.37. The van der Waals surface area contributed by atoms with Gasteiger partial charge in [-0.25, -0.2) is 4.39 Å². The van der Waals surface area contributed by atoms with Crippen molar-refractivity contribution in [1.82, 2.24) is 20.1 Å². The molecule has 2 amide bonds. The third-order valence-corrected chi connectivity index (χ3v) is 7.99. The maximum Gasteiger partial charge on any atom is 0.269 e. The lowest BCUT2D eigenvalue weighted by atomic mass is 9.91. The number of aliphatic hydroxyl groups is 1. The van der Waals surface area contributed by atoms with E-state index in [1.54, 1.807) is 18.2 Å². The van der Waals surface area contributed by atoms with E-state index in [2.05, 4.69) is 20.1 Å². The molecule has 5 rings (SSSR count). The van der Waals surface area contributed by atoms with Gasteiger partial charge in [0.05, 0.1) is 6.10 Å². The van der Waals surface area contributed by atoms with Crippen molar-refractivity contribution in [3.8, 4) is 11.1 Å². The van der Waals surface area contributed by atoms with Gasteiger partial charge >= 0.3 is 0 Å². The topological polar surface area (TPSA) is 85.8 Å². The zero-order valence-electron chi connectivity index (χ0n) is 20.2. The van der Waals surface area contributed by atoms with Crippen LogP contribution in [0.25, 0.3) is 11.1 Å². The Bertz CT molecular complexity index is 1100. The third kappa shape index (κ3) is 4.45. The molecule has 186 valence electrons. The zero-order valence-corrected chi connectivity index (χ0v) is 20.2. The summed E-state index contributed by atoms with van der Waals surface area (Å²) in [6.07, 6.45) is 7.80. The van der Waals surface area contributed by atoms with Crippen molar-refractivity contribution in [3.63, 3.8) is 0 Å². The van der Waals surface area contributed by atoms with Crippen LogP contribution in [-0.4, -0.2) is 69.5 Å². The van der Waals surface area contributed by atoms with Gasteiger partial charge in [-0.15, -0.1) is 0 Å². The number of hydrogen-bond donors (Lipinski definition) is 2. The number of carbonyl (C=O) groups excluding carboxylic acids is 2. The van der Waals surface area contributed by atoms with E-state index in [1.807, 2.05) is 6.07 Å². The fourth-order valence-electron chi connectivity index (χ4n) is 6.16. The van der Waals surface area contributed by atoms with E-state index >= 15 is 4.39 Å². The maximum atomic E-state index is 15.1. The van der Waals surface area contributed by atoms with Crippen molar-refractivity contribution < 1.29 is 19.1 Å². The molecule has 2 aliphatic heterocycles. The smallest absolute Gasteiger partial charge is 0.269 e. The minimum Gasteiger partial charge on any atom is -0.392 e. The molecule has 2 atom stereocenters. The second-order valence-electron chi connectivity index (χ2n) is 10.1. The lowest BCUT2D eigenvalue weighted by Crippen LogP contribution is -2.51. The number of nitrogens with one attached hydrogen (secondary N) is 1. The van der Waals surface area contributed by atoms with Crippen molar-refractivity contribution in [3.05, 3.63) is 53.6 Å². The number of halogens is 1. The molecule has 0 unspecified atom stereocenters. The van der Waals surface area contributed by atoms with Gasteiger partial charge in [-0.2, -0.15) is 0 Å². The summed E-state index contributed by atoms with van der Waals surface area (Å²) in [6, 6.07) is 8.64. The summed E-state index contributed by atoms with van der Waals surface area (Å²) >= 11 is 0. The first-order chi connectivity index (χ1) is 16.9. The van der Waals surface area contributed by atoms with E-state index in [0.29, 0.717) is 43.1 Å². The number of benzene rings is 1. The number of aliphatic hydroxyl groups excluding tert-OH is 1. The number of hydrogen-bond acceptors (Lipinski definition) is 5. The number of pyridine rings is 1. The lowest BCUT2D eigenvalue weighted by molar-refractivity contribution is -0.139. The van der Waals surface area contributed by atoms with Gasteiger partial charge in [0.1, 0.15) is 17.1 Å². The van der Waals surface area contributed by atoms with Crippen LogP contribution in [0, 0.1) is 5.82 Å². The van der Waals surface area contributed by atoms with Crippen LogP contribution in [0.1, 0.15) is 61.0 Å². The van der Waals surface area contributed by atoms with E-state index < -0.39 is 11.6 Å². The Balaban J connectivity index is 1.33. The molecule has 8 heteroatoms. The number of aromatic nitrogens is 1. The van der Waals surface area contributed by atoms with E-state index in [0.717, 1.165) is 24.9 Å². The van der Waals surface area contributed by atoms with Gasteiger partial charge in [0.25, 0.3) is 5.91 Å². The van der Waals surface area contributed by atoms with Crippen LogP contribution >= 0.6 is 0 Å². The van der Waals surface area contributed by atoms with Gasteiger partial charge in [0.15, 0.2) is 0 Å². The summed E-state index contributed by atoms with van der Waals surface area (Å²) in [5.41, 5.74) is 1.34. The molecule has 3 fully saturated rings. The largest absolute Gasteiger partial charge is 0.392 e. The Morgan fingerprint density at radius 1 is 1.23 bits per heavy atom. The Kier molecular flexibility index (Phi) is 6.59. The summed E-state index contributed by atoms with van der Waals surface area (Å²) in [4.78, 5) is 33.6. The molecule has 35 heavy (non-hydrogen) atoms. The molecule has 1 aromatic heterocycles. The second kappa shape index (κ2) is 9.66. The first-order valence-corrected chi connectivity index (χ1v) is 12.6. The van der Waals surface area contributed by atoms with Crippen LogP contribution in [0.5, 0.6) is 0 Å². The van der Waals surface area contributed by atoms with E-state index in [9.17, 15) is 14.7 Å². The summed E-state index contributed by atoms with van der Waals surface area (Å²) in [6.45, 7) is 1.56. The number of rotatable bonds is 5. The Hall–Kier alpha value is -2.84. The maximum absolute atomic E-state index is 15.1. The minimum absolute atomic E-state index is 0.139. The summed E-state index contributed by atoms with van der Waals surface area (Å²) in [7, 11) is 1.53. The fourth-order valence-corrected chi connectivity index (χ4v) is 6.16. The molecule has 1 saturated carbocycles. The van der Waals surface area contributed by atoms with Gasteiger partial charge in [-0.3, -0.25) is 19.5 Å². The molecule has 1 aromatic carbocycles. The monoisotopic (exact) mass is 480 g/mol. The molecular weight excluding hydrogens is 447 g/mol. The highest BCUT2D eigenvalue weighted by molar-refractivity contribution is 5.92. The highest BCUT2D eigenvalue weighted by atomic mass is 19.1. The van der Waals surface area contributed by atoms with Crippen LogP contribution in [0.3, 0.4) is 0 Å². The minimum atomic E-state index is -0.689. The molecule has 2 aromatic rings. The van der Waals surface area contributed by atoms with Crippen LogP contribution in [0.15, 0.2) is 36.5 Å². The van der Waals surface area contributed by atoms with Crippen molar-refractivity contribution in [2.24, 2.45) is 0 Å². The number of amides is 2. The predicted molar refractivity (Wildman–Crippen MR) is 130 cm³/mol. The van der Waals surface area contributed by atoms with Gasteiger partial charge in [-0.05, 0) is 37.0 Å². The van der Waals surface area contributed by atoms with Crippen molar-refractivity contribution in [2.75, 3.05) is 20.1 Å². The lowest BCUT2D eigenvalue weighted by Gasteiger charge is -2.36. The van der Waals surface area contributed by atoms with Crippen LogP contribution < -0.4 is 5.32 Å². The zero-order chi connectivity index (χ0) is 24.6. The predicted octanol–water partition coefficient (Wildman–Crippen LogP) is 3.12. The van der Waals surface area contributed by atoms with E-state index in [4.69, 9.17) is 0 Å². The number of nitrogens with zero attached hydrogens (tertiary/aromatic N) is 3. The highest BCUT2D eigenvalue weighted by Gasteiger charge is 2.56. The van der Waals surface area contributed by atoms with Crippen molar-refractivity contribution in [2.45, 2.75) is 69.2 Å². The Morgan fingerprint density at radius 2 is 2.03 bits per heavy atom.